The summed E-state index contributed by atoms with van der Waals surface area (Å²) in [6.45, 7) is 2.05. The van der Waals surface area contributed by atoms with Crippen molar-refractivity contribution < 1.29 is 9.72 Å². The summed E-state index contributed by atoms with van der Waals surface area (Å²) in [5, 5.41) is 10.1. The molecule has 0 unspecified atom stereocenters. The highest BCUT2D eigenvalue weighted by atomic mass is 35.5. The fourth-order valence-electron chi connectivity index (χ4n) is 1.48. The Morgan fingerprint density at radius 1 is 1.53 bits per heavy atom. The van der Waals surface area contributed by atoms with Crippen LogP contribution in [0.4, 0.5) is 5.69 Å². The van der Waals surface area contributed by atoms with E-state index in [4.69, 9.17) is 11.6 Å². The van der Waals surface area contributed by atoms with Crippen LogP contribution in [0.25, 0.3) is 0 Å². The fourth-order valence-corrected chi connectivity index (χ4v) is 1.59. The van der Waals surface area contributed by atoms with E-state index in [1.807, 2.05) is 0 Å². The third-order valence-corrected chi connectivity index (χ3v) is 2.61. The molecule has 0 saturated heterocycles. The van der Waals surface area contributed by atoms with Crippen molar-refractivity contribution in [3.63, 3.8) is 0 Å². The molecule has 0 aliphatic rings. The minimum Gasteiger partial charge on any atom is -0.276 e. The van der Waals surface area contributed by atoms with Crippen LogP contribution in [0.1, 0.15) is 42.2 Å². The molecule has 0 atom stereocenters. The first-order valence-electron chi connectivity index (χ1n) is 5.39. The largest absolute Gasteiger partial charge is 0.291 e. The molecule has 6 heteroatoms. The van der Waals surface area contributed by atoms with Gasteiger partial charge in [-0.3, -0.25) is 19.9 Å². The Balaban J connectivity index is 2.96. The number of carbonyl (C=O) groups is 1. The van der Waals surface area contributed by atoms with Gasteiger partial charge in [-0.25, -0.2) is 0 Å². The lowest BCUT2D eigenvalue weighted by Crippen LogP contribution is -2.02. The Morgan fingerprint density at radius 3 is 2.76 bits per heavy atom. The second-order valence-electron chi connectivity index (χ2n) is 3.68. The van der Waals surface area contributed by atoms with Gasteiger partial charge in [-0.15, -0.1) is 0 Å². The van der Waals surface area contributed by atoms with Crippen molar-refractivity contribution in [3.8, 4) is 0 Å². The molecule has 17 heavy (non-hydrogen) atoms. The van der Waals surface area contributed by atoms with Gasteiger partial charge in [0.15, 0.2) is 0 Å². The van der Waals surface area contributed by atoms with E-state index >= 15 is 0 Å². The van der Waals surface area contributed by atoms with Crippen LogP contribution in [0.5, 0.6) is 0 Å². The number of pyridine rings is 1. The summed E-state index contributed by atoms with van der Waals surface area (Å²) < 4.78 is 0. The molecule has 0 radical (unpaired) electrons. The molecule has 0 spiro atoms. The van der Waals surface area contributed by atoms with Crippen LogP contribution in [0.15, 0.2) is 12.3 Å². The predicted octanol–water partition coefficient (Wildman–Crippen LogP) is 3.10. The van der Waals surface area contributed by atoms with Crippen LogP contribution >= 0.6 is 11.6 Å². The lowest BCUT2D eigenvalue weighted by molar-refractivity contribution is -0.386. The zero-order valence-electron chi connectivity index (χ0n) is 9.48. The molecule has 92 valence electrons. The topological polar surface area (TPSA) is 73.1 Å². The molecule has 1 aromatic rings. The van der Waals surface area contributed by atoms with Crippen molar-refractivity contribution in [3.05, 3.63) is 33.6 Å². The molecule has 0 N–H and O–H groups in total. The third-order valence-electron chi connectivity index (χ3n) is 2.39. The molecular weight excluding hydrogens is 244 g/mol. The van der Waals surface area contributed by atoms with Crippen molar-refractivity contribution in [2.45, 2.75) is 32.6 Å². The van der Waals surface area contributed by atoms with Crippen molar-refractivity contribution in [2.24, 2.45) is 0 Å². The predicted molar refractivity (Wildman–Crippen MR) is 64.3 cm³/mol. The van der Waals surface area contributed by atoms with Gasteiger partial charge in [0, 0.05) is 12.3 Å². The Kier molecular flexibility index (Phi) is 5.03. The molecule has 0 amide bonds. The lowest BCUT2D eigenvalue weighted by Gasteiger charge is -2.02. The summed E-state index contributed by atoms with van der Waals surface area (Å²) in [6.07, 6.45) is 4.70. The maximum Gasteiger partial charge on any atom is 0.291 e. The second-order valence-corrected chi connectivity index (χ2v) is 4.02. The molecule has 0 aliphatic heterocycles. The Labute approximate surface area is 104 Å². The molecule has 1 rings (SSSR count). The van der Waals surface area contributed by atoms with E-state index in [9.17, 15) is 14.9 Å². The number of aryl methyl sites for hydroxylation is 1. The first-order valence-corrected chi connectivity index (χ1v) is 5.77. The van der Waals surface area contributed by atoms with Gasteiger partial charge < -0.3 is 0 Å². The molecule has 0 fully saturated rings. The molecule has 0 bridgehead atoms. The number of hydrogen-bond acceptors (Lipinski definition) is 4. The number of nitrogens with zero attached hydrogens (tertiary/aromatic N) is 2. The maximum absolute atomic E-state index is 10.9. The van der Waals surface area contributed by atoms with Gasteiger partial charge in [0.25, 0.3) is 10.9 Å². The van der Waals surface area contributed by atoms with E-state index in [0.29, 0.717) is 12.1 Å². The zero-order chi connectivity index (χ0) is 12.8. The van der Waals surface area contributed by atoms with Gasteiger partial charge in [-0.05, 0) is 24.4 Å². The Bertz CT molecular complexity index is 435. The third kappa shape index (κ3) is 3.78. The van der Waals surface area contributed by atoms with Gasteiger partial charge in [-0.2, -0.15) is 0 Å². The summed E-state index contributed by atoms with van der Waals surface area (Å²) >= 11 is 5.26. The first kappa shape index (κ1) is 13.6. The number of unbranched alkanes of at least 4 members (excludes halogenated alkanes) is 2. The number of halogens is 1. The molecule has 0 aromatic carbocycles. The highest BCUT2D eigenvalue weighted by Crippen LogP contribution is 2.20. The van der Waals surface area contributed by atoms with Crippen LogP contribution in [-0.4, -0.2) is 15.1 Å². The average Bonchev–Trinajstić information content (AvgIpc) is 2.29. The fraction of sp³-hybridized carbons (Fsp3) is 0.455. The van der Waals surface area contributed by atoms with Crippen molar-refractivity contribution in [1.29, 1.82) is 0 Å². The summed E-state index contributed by atoms with van der Waals surface area (Å²) in [4.78, 5) is 25.2. The first-order chi connectivity index (χ1) is 8.06. The molecule has 1 heterocycles. The van der Waals surface area contributed by atoms with E-state index < -0.39 is 10.2 Å². The summed E-state index contributed by atoms with van der Waals surface area (Å²) in [5.41, 5.74) is 0.329. The Hall–Kier alpha value is -1.49. The van der Waals surface area contributed by atoms with Crippen LogP contribution in [0, 0.1) is 10.1 Å². The molecule has 5 nitrogen and oxygen atoms in total. The van der Waals surface area contributed by atoms with E-state index in [1.54, 1.807) is 0 Å². The van der Waals surface area contributed by atoms with Gasteiger partial charge in [0.1, 0.15) is 5.69 Å². The minimum absolute atomic E-state index is 0.0533. The molecular formula is C11H13ClN2O3. The normalized spacial score (nSPS) is 10.2. The quantitative estimate of drug-likeness (QED) is 0.339. The molecule has 0 aliphatic carbocycles. The summed E-state index contributed by atoms with van der Waals surface area (Å²) in [6, 6.07) is 1.18. The SMILES string of the molecule is CCCCCc1ncc(C(=O)Cl)cc1[N+](=O)[O-]. The van der Waals surface area contributed by atoms with Crippen molar-refractivity contribution in [2.75, 3.05) is 0 Å². The van der Waals surface area contributed by atoms with E-state index in [1.165, 1.54) is 12.3 Å². The number of nitro groups is 1. The van der Waals surface area contributed by atoms with Crippen molar-refractivity contribution in [1.82, 2.24) is 4.98 Å². The van der Waals surface area contributed by atoms with Crippen molar-refractivity contribution >= 4 is 22.5 Å². The molecule has 0 saturated carbocycles. The maximum atomic E-state index is 10.9. The minimum atomic E-state index is -0.735. The second kappa shape index (κ2) is 6.30. The number of rotatable bonds is 6. The highest BCUT2D eigenvalue weighted by molar-refractivity contribution is 6.67. The smallest absolute Gasteiger partial charge is 0.276 e. The van der Waals surface area contributed by atoms with Gasteiger partial charge >= 0.3 is 0 Å². The van der Waals surface area contributed by atoms with E-state index in [0.717, 1.165) is 19.3 Å². The monoisotopic (exact) mass is 256 g/mol. The standard InChI is InChI=1S/C11H13ClN2O3/c1-2-3-4-5-9-10(14(16)17)6-8(7-13-9)11(12)15/h6-7H,2-5H2,1H3. The van der Waals surface area contributed by atoms with Crippen LogP contribution in [-0.2, 0) is 6.42 Å². The highest BCUT2D eigenvalue weighted by Gasteiger charge is 2.17. The number of aromatic nitrogens is 1. The van der Waals surface area contributed by atoms with Crippen LogP contribution < -0.4 is 0 Å². The van der Waals surface area contributed by atoms with Gasteiger partial charge in [0.2, 0.25) is 0 Å². The Morgan fingerprint density at radius 2 is 2.24 bits per heavy atom. The number of hydrogen-bond donors (Lipinski definition) is 0. The van der Waals surface area contributed by atoms with Gasteiger partial charge in [-0.1, -0.05) is 19.8 Å². The van der Waals surface area contributed by atoms with E-state index in [2.05, 4.69) is 11.9 Å². The van der Waals surface area contributed by atoms with Gasteiger partial charge in [0.05, 0.1) is 10.5 Å². The zero-order valence-corrected chi connectivity index (χ0v) is 10.2. The van der Waals surface area contributed by atoms with Crippen LogP contribution in [0.3, 0.4) is 0 Å². The van der Waals surface area contributed by atoms with E-state index in [-0.39, 0.29) is 11.3 Å². The average molecular weight is 257 g/mol. The summed E-state index contributed by atoms with van der Waals surface area (Å²) in [5.74, 6) is 0. The summed E-state index contributed by atoms with van der Waals surface area (Å²) in [7, 11) is 0. The lowest BCUT2D eigenvalue weighted by atomic mass is 10.1. The van der Waals surface area contributed by atoms with Crippen LogP contribution in [0.2, 0.25) is 0 Å². The number of carbonyl (C=O) groups excluding carboxylic acids is 1. The molecule has 1 aromatic heterocycles.